The lowest BCUT2D eigenvalue weighted by Gasteiger charge is -2.46. The van der Waals surface area contributed by atoms with Crippen LogP contribution in [0.1, 0.15) is 81.1 Å². The molecule has 0 bridgehead atoms. The Labute approximate surface area is 398 Å². The van der Waals surface area contributed by atoms with Crippen LogP contribution in [-0.2, 0) is 56.8 Å². The Balaban J connectivity index is 1.42. The van der Waals surface area contributed by atoms with Gasteiger partial charge in [-0.25, -0.2) is 0 Å². The average molecular weight is 939 g/mol. The maximum atomic E-state index is 11.3. The number of hydrogen-bond acceptors (Lipinski definition) is 14. The van der Waals surface area contributed by atoms with E-state index in [1.165, 1.54) is 0 Å². The average Bonchev–Trinajstić information content (AvgIpc) is 4.27. The zero-order valence-corrected chi connectivity index (χ0v) is 43.2. The first-order chi connectivity index (χ1) is 31.7. The SMILES string of the molecule is CC[C@H](OC)[C@@H](C)[C@@H]1C[C@H]1[C@H](O)[C@@H](C)/C=C/C=C(\C)[C@@H]1O[C@H](OC)[C@H](OC)[C@@H](OC)[C@H]1OCCO[C@H]1O[C@@H](/C(C)=C/C=C/[C@H](C)[C@@H](O)[C@@H]2C[C@H]2[C@H](C)[C@H](CC)OC)[C@@H](OC)[C@H](OC)[C@@H]1OC. The number of ether oxygens (including phenoxy) is 12. The summed E-state index contributed by atoms with van der Waals surface area (Å²) in [5.74, 6) is 2.22. The normalized spacial score (nSPS) is 36.8. The van der Waals surface area contributed by atoms with Gasteiger partial charge in [-0.05, 0) is 86.2 Å². The van der Waals surface area contributed by atoms with E-state index in [0.29, 0.717) is 23.7 Å². The molecule has 4 rings (SSSR count). The molecule has 0 aromatic heterocycles. The molecule has 22 atom stereocenters. The molecule has 382 valence electrons. The fourth-order valence-electron chi connectivity index (χ4n) is 11.0. The monoisotopic (exact) mass is 939 g/mol. The number of aliphatic hydroxyl groups is 2. The highest BCUT2D eigenvalue weighted by Crippen LogP contribution is 2.51. The van der Waals surface area contributed by atoms with E-state index in [1.807, 2.05) is 44.2 Å². The second-order valence-electron chi connectivity index (χ2n) is 19.3. The standard InChI is InChI=1S/C52H90O14/c1-17-39(55-9)33(7)35-27-37(35)41(53)29(3)21-19-23-31(5)43-45(57-11)46(58-12)50(61-15)52(66-43)64-26-25-63-48-44(65-51(62-16)49(60-14)47(48)59-13)32(6)24-20-22-30(4)42(54)38-28-36(38)34(8)40(18-2)56-10/h19-24,29-30,33-54H,17-18,25-28H2,1-16H3/b21-19+,22-20+,31-23+,32-24+/t29-,30-,33-,34-,35-,36-,37+,38+,39-,40-,41+,42+,43-,44-,45+,46-,47-,48-,49+,50-,51-,52-/m0/s1. The first-order valence-corrected chi connectivity index (χ1v) is 24.5. The molecule has 4 aliphatic rings. The fraction of sp³-hybridized carbons (Fsp3) is 0.846. The van der Waals surface area contributed by atoms with Gasteiger partial charge in [0.15, 0.2) is 12.6 Å². The van der Waals surface area contributed by atoms with Gasteiger partial charge in [0.2, 0.25) is 0 Å². The van der Waals surface area contributed by atoms with Crippen LogP contribution in [0.15, 0.2) is 47.6 Å². The van der Waals surface area contributed by atoms with Gasteiger partial charge in [-0.3, -0.25) is 0 Å². The highest BCUT2D eigenvalue weighted by Gasteiger charge is 2.51. The van der Waals surface area contributed by atoms with Crippen molar-refractivity contribution in [2.75, 3.05) is 70.1 Å². The summed E-state index contributed by atoms with van der Waals surface area (Å²) in [6, 6.07) is 0. The summed E-state index contributed by atoms with van der Waals surface area (Å²) in [5, 5.41) is 22.5. The summed E-state index contributed by atoms with van der Waals surface area (Å²) in [7, 11) is 13.2. The van der Waals surface area contributed by atoms with Crippen LogP contribution in [0.3, 0.4) is 0 Å². The molecular weight excluding hydrogens is 849 g/mol. The lowest BCUT2D eigenvalue weighted by Crippen LogP contribution is -2.61. The van der Waals surface area contributed by atoms with Crippen molar-refractivity contribution in [2.24, 2.45) is 47.3 Å². The fourth-order valence-corrected chi connectivity index (χ4v) is 11.0. The van der Waals surface area contributed by atoms with Crippen molar-refractivity contribution in [1.29, 1.82) is 0 Å². The van der Waals surface area contributed by atoms with Gasteiger partial charge in [-0.1, -0.05) is 78.0 Å². The summed E-state index contributed by atoms with van der Waals surface area (Å²) in [5.41, 5.74) is 1.80. The maximum absolute atomic E-state index is 11.3. The Hall–Kier alpha value is -1.60. The van der Waals surface area contributed by atoms with Gasteiger partial charge >= 0.3 is 0 Å². The van der Waals surface area contributed by atoms with Crippen molar-refractivity contribution in [3.05, 3.63) is 47.6 Å². The van der Waals surface area contributed by atoms with E-state index in [9.17, 15) is 10.2 Å². The number of hydrogen-bond donors (Lipinski definition) is 2. The van der Waals surface area contributed by atoms with Crippen LogP contribution in [0.5, 0.6) is 0 Å². The Bertz CT molecular complexity index is 1510. The minimum Gasteiger partial charge on any atom is -0.392 e. The molecule has 2 aliphatic carbocycles. The Kier molecular flexibility index (Phi) is 23.9. The van der Waals surface area contributed by atoms with Crippen molar-refractivity contribution in [2.45, 2.75) is 167 Å². The van der Waals surface area contributed by atoms with Gasteiger partial charge in [0, 0.05) is 68.7 Å². The van der Waals surface area contributed by atoms with Crippen molar-refractivity contribution in [3.63, 3.8) is 0 Å². The Morgan fingerprint density at radius 3 is 1.32 bits per heavy atom. The molecule has 0 spiro atoms. The zero-order chi connectivity index (χ0) is 48.8. The largest absolute Gasteiger partial charge is 0.392 e. The lowest BCUT2D eigenvalue weighted by atomic mass is 9.91. The van der Waals surface area contributed by atoms with E-state index in [0.717, 1.165) is 36.8 Å². The highest BCUT2D eigenvalue weighted by molar-refractivity contribution is 5.21. The second kappa shape index (κ2) is 27.7. The molecule has 14 nitrogen and oxygen atoms in total. The summed E-state index contributed by atoms with van der Waals surface area (Å²) in [6.07, 6.45) is 9.74. The van der Waals surface area contributed by atoms with Gasteiger partial charge in [0.05, 0.1) is 37.6 Å². The molecular formula is C52H90O14. The second-order valence-corrected chi connectivity index (χ2v) is 19.3. The van der Waals surface area contributed by atoms with E-state index in [4.69, 9.17) is 56.8 Å². The molecule has 0 aromatic carbocycles. The molecule has 14 heteroatoms. The van der Waals surface area contributed by atoms with Gasteiger partial charge in [0.1, 0.15) is 48.8 Å². The molecule has 2 N–H and O–H groups in total. The van der Waals surface area contributed by atoms with Crippen molar-refractivity contribution >= 4 is 0 Å². The smallest absolute Gasteiger partial charge is 0.187 e. The van der Waals surface area contributed by atoms with Crippen LogP contribution in [0.25, 0.3) is 0 Å². The third-order valence-electron chi connectivity index (χ3n) is 15.4. The van der Waals surface area contributed by atoms with Crippen LogP contribution >= 0.6 is 0 Å². The molecule has 66 heavy (non-hydrogen) atoms. The third kappa shape index (κ3) is 14.0. The van der Waals surface area contributed by atoms with Crippen LogP contribution in [-0.4, -0.2) is 166 Å². The Morgan fingerprint density at radius 1 is 0.515 bits per heavy atom. The number of rotatable bonds is 29. The number of methoxy groups -OCH3 is 8. The summed E-state index contributed by atoms with van der Waals surface area (Å²) in [4.78, 5) is 0. The predicted octanol–water partition coefficient (Wildman–Crippen LogP) is 6.95. The molecule has 0 amide bonds. The molecule has 2 saturated carbocycles. The zero-order valence-electron chi connectivity index (χ0n) is 43.2. The van der Waals surface area contributed by atoms with Crippen LogP contribution in [0, 0.1) is 47.3 Å². The summed E-state index contributed by atoms with van der Waals surface area (Å²) in [6.45, 7) is 17.2. The summed E-state index contributed by atoms with van der Waals surface area (Å²) < 4.78 is 73.0. The molecule has 0 unspecified atom stereocenters. The minimum absolute atomic E-state index is 0.0279. The van der Waals surface area contributed by atoms with E-state index in [2.05, 4.69) is 47.6 Å². The maximum Gasteiger partial charge on any atom is 0.187 e. The van der Waals surface area contributed by atoms with Crippen molar-refractivity contribution < 1.29 is 67.1 Å². The van der Waals surface area contributed by atoms with Crippen molar-refractivity contribution in [3.8, 4) is 0 Å². The molecule has 4 fully saturated rings. The Morgan fingerprint density at radius 2 is 0.909 bits per heavy atom. The molecule has 0 aromatic rings. The van der Waals surface area contributed by atoms with Gasteiger partial charge in [-0.2, -0.15) is 0 Å². The summed E-state index contributed by atoms with van der Waals surface area (Å²) >= 11 is 0. The van der Waals surface area contributed by atoms with E-state index < -0.39 is 73.6 Å². The van der Waals surface area contributed by atoms with E-state index in [-0.39, 0.29) is 49.1 Å². The predicted molar refractivity (Wildman–Crippen MR) is 254 cm³/mol. The molecule has 2 heterocycles. The topological polar surface area (TPSA) is 151 Å². The van der Waals surface area contributed by atoms with Crippen molar-refractivity contribution in [1.82, 2.24) is 0 Å². The van der Waals surface area contributed by atoms with Crippen LogP contribution in [0.2, 0.25) is 0 Å². The van der Waals surface area contributed by atoms with Crippen LogP contribution in [0.4, 0.5) is 0 Å². The van der Waals surface area contributed by atoms with E-state index >= 15 is 0 Å². The lowest BCUT2D eigenvalue weighted by molar-refractivity contribution is -0.311. The quantitative estimate of drug-likeness (QED) is 0.0588. The minimum atomic E-state index is -0.812. The van der Waals surface area contributed by atoms with Gasteiger partial charge in [-0.15, -0.1) is 0 Å². The number of allylic oxidation sites excluding steroid dienone is 4. The third-order valence-corrected chi connectivity index (χ3v) is 15.4. The number of aliphatic hydroxyl groups excluding tert-OH is 2. The molecule has 2 saturated heterocycles. The molecule has 2 aliphatic heterocycles. The van der Waals surface area contributed by atoms with E-state index in [1.54, 1.807) is 56.9 Å². The first-order valence-electron chi connectivity index (χ1n) is 24.5. The first kappa shape index (κ1) is 57.0. The van der Waals surface area contributed by atoms with Gasteiger partial charge in [0.25, 0.3) is 0 Å². The van der Waals surface area contributed by atoms with Crippen LogP contribution < -0.4 is 0 Å². The highest BCUT2D eigenvalue weighted by atomic mass is 16.7. The van der Waals surface area contributed by atoms with Gasteiger partial charge < -0.3 is 67.1 Å². The molecule has 0 radical (unpaired) electrons.